The molecule has 0 spiro atoms. The van der Waals surface area contributed by atoms with E-state index in [0.29, 0.717) is 28.6 Å². The van der Waals surface area contributed by atoms with Crippen molar-refractivity contribution in [3.8, 4) is 17.0 Å². The van der Waals surface area contributed by atoms with E-state index in [1.165, 1.54) is 30.2 Å². The number of amides is 2. The predicted molar refractivity (Wildman–Crippen MR) is 139 cm³/mol. The number of nitrogens with one attached hydrogen (secondary N) is 2. The highest BCUT2D eigenvalue weighted by molar-refractivity contribution is 7.98. The zero-order valence-electron chi connectivity index (χ0n) is 19.7. The van der Waals surface area contributed by atoms with Crippen molar-refractivity contribution in [2.75, 3.05) is 31.0 Å². The van der Waals surface area contributed by atoms with E-state index in [2.05, 4.69) is 15.6 Å². The van der Waals surface area contributed by atoms with Crippen LogP contribution in [0.4, 0.5) is 5.13 Å². The SMILES string of the molecule is COc1ccccc1C(=O)NC(CCSC)C(=O)OCC(=O)Nc1nc(-c2ccc(C)cc2)cs1. The summed E-state index contributed by atoms with van der Waals surface area (Å²) in [5.41, 5.74) is 3.15. The Balaban J connectivity index is 1.56. The molecule has 1 aromatic heterocycles. The number of rotatable bonds is 11. The maximum atomic E-state index is 12.7. The van der Waals surface area contributed by atoms with Gasteiger partial charge in [-0.25, -0.2) is 9.78 Å². The van der Waals surface area contributed by atoms with Gasteiger partial charge in [-0.2, -0.15) is 11.8 Å². The number of hydrogen-bond donors (Lipinski definition) is 2. The number of nitrogens with zero attached hydrogens (tertiary/aromatic N) is 1. The summed E-state index contributed by atoms with van der Waals surface area (Å²) in [6.45, 7) is 1.52. The van der Waals surface area contributed by atoms with Crippen LogP contribution in [0.15, 0.2) is 53.9 Å². The molecule has 1 unspecified atom stereocenters. The number of carbonyl (C=O) groups is 3. The Kier molecular flexibility index (Phi) is 9.68. The lowest BCUT2D eigenvalue weighted by Crippen LogP contribution is -2.43. The van der Waals surface area contributed by atoms with Crippen molar-refractivity contribution in [1.82, 2.24) is 10.3 Å². The maximum absolute atomic E-state index is 12.7. The first kappa shape index (κ1) is 26.2. The van der Waals surface area contributed by atoms with Crippen LogP contribution in [0.3, 0.4) is 0 Å². The van der Waals surface area contributed by atoms with Crippen molar-refractivity contribution in [2.24, 2.45) is 0 Å². The first-order valence-corrected chi connectivity index (χ1v) is 13.1. The molecule has 3 rings (SSSR count). The van der Waals surface area contributed by atoms with Crippen LogP contribution in [0, 0.1) is 6.92 Å². The monoisotopic (exact) mass is 513 g/mol. The highest BCUT2D eigenvalue weighted by atomic mass is 32.2. The summed E-state index contributed by atoms with van der Waals surface area (Å²) in [7, 11) is 1.47. The van der Waals surface area contributed by atoms with Crippen molar-refractivity contribution in [3.05, 3.63) is 65.0 Å². The van der Waals surface area contributed by atoms with Gasteiger partial charge in [0.25, 0.3) is 11.8 Å². The number of thioether (sulfide) groups is 1. The number of methoxy groups -OCH3 is 1. The highest BCUT2D eigenvalue weighted by Gasteiger charge is 2.24. The molecule has 2 amide bonds. The first-order valence-electron chi connectivity index (χ1n) is 10.8. The molecule has 3 aromatic rings. The molecule has 10 heteroatoms. The second-order valence-electron chi connectivity index (χ2n) is 7.57. The minimum atomic E-state index is -0.902. The van der Waals surface area contributed by atoms with Crippen molar-refractivity contribution >= 4 is 46.0 Å². The number of ether oxygens (including phenoxy) is 2. The van der Waals surface area contributed by atoms with Crippen LogP contribution in [-0.4, -0.2) is 54.5 Å². The molecular weight excluding hydrogens is 486 g/mol. The minimum Gasteiger partial charge on any atom is -0.496 e. The van der Waals surface area contributed by atoms with Crippen LogP contribution in [0.2, 0.25) is 0 Å². The third kappa shape index (κ3) is 7.56. The molecule has 184 valence electrons. The zero-order chi connectivity index (χ0) is 25.2. The first-order chi connectivity index (χ1) is 16.9. The molecule has 1 atom stereocenters. The number of anilines is 1. The van der Waals surface area contributed by atoms with E-state index in [9.17, 15) is 14.4 Å². The summed E-state index contributed by atoms with van der Waals surface area (Å²) >= 11 is 2.82. The third-order valence-corrected chi connectivity index (χ3v) is 6.40. The molecule has 0 bridgehead atoms. The number of benzene rings is 2. The number of aromatic nitrogens is 1. The van der Waals surface area contributed by atoms with Crippen molar-refractivity contribution in [1.29, 1.82) is 0 Å². The number of carbonyl (C=O) groups excluding carboxylic acids is 3. The Bertz CT molecular complexity index is 1160. The second kappa shape index (κ2) is 12.9. The molecule has 2 aromatic carbocycles. The van der Waals surface area contributed by atoms with Gasteiger partial charge in [0.05, 0.1) is 18.4 Å². The second-order valence-corrected chi connectivity index (χ2v) is 9.41. The molecule has 0 radical (unpaired) electrons. The van der Waals surface area contributed by atoms with Crippen LogP contribution in [0.5, 0.6) is 5.75 Å². The summed E-state index contributed by atoms with van der Waals surface area (Å²) in [5.74, 6) is -0.630. The number of hydrogen-bond acceptors (Lipinski definition) is 8. The Labute approximate surface area is 212 Å². The largest absolute Gasteiger partial charge is 0.496 e. The molecule has 0 aliphatic rings. The third-order valence-electron chi connectivity index (χ3n) is 5.00. The van der Waals surface area contributed by atoms with Gasteiger partial charge in [-0.3, -0.25) is 14.9 Å². The number of esters is 1. The predicted octanol–water partition coefficient (Wildman–Crippen LogP) is 4.16. The standard InChI is InChI=1S/C25H27N3O5S2/c1-16-8-10-17(11-9-16)20-15-35-25(27-20)28-22(29)14-33-24(31)19(12-13-34-3)26-23(30)18-6-4-5-7-21(18)32-2/h4-11,15,19H,12-14H2,1-3H3,(H,26,30)(H,27,28,29). The Morgan fingerprint density at radius 1 is 1.11 bits per heavy atom. The fourth-order valence-corrected chi connectivity index (χ4v) is 4.34. The van der Waals surface area contributed by atoms with Gasteiger partial charge in [-0.1, -0.05) is 42.0 Å². The maximum Gasteiger partial charge on any atom is 0.329 e. The van der Waals surface area contributed by atoms with E-state index in [-0.39, 0.29) is 0 Å². The van der Waals surface area contributed by atoms with Crippen molar-refractivity contribution in [2.45, 2.75) is 19.4 Å². The summed E-state index contributed by atoms with van der Waals surface area (Å²) < 4.78 is 10.4. The summed E-state index contributed by atoms with van der Waals surface area (Å²) in [6.07, 6.45) is 2.26. The Morgan fingerprint density at radius 3 is 2.57 bits per heavy atom. The van der Waals surface area contributed by atoms with Gasteiger partial charge in [0.2, 0.25) is 0 Å². The lowest BCUT2D eigenvalue weighted by atomic mass is 10.1. The zero-order valence-corrected chi connectivity index (χ0v) is 21.3. The van der Waals surface area contributed by atoms with Crippen molar-refractivity contribution in [3.63, 3.8) is 0 Å². The van der Waals surface area contributed by atoms with E-state index in [1.807, 2.05) is 42.8 Å². The molecule has 35 heavy (non-hydrogen) atoms. The Morgan fingerprint density at radius 2 is 1.86 bits per heavy atom. The number of aryl methyl sites for hydroxylation is 1. The average molecular weight is 514 g/mol. The van der Waals surface area contributed by atoms with Crippen LogP contribution in [-0.2, 0) is 14.3 Å². The molecule has 0 saturated carbocycles. The quantitative estimate of drug-likeness (QED) is 0.371. The highest BCUT2D eigenvalue weighted by Crippen LogP contribution is 2.25. The van der Waals surface area contributed by atoms with Gasteiger partial charge < -0.3 is 14.8 Å². The molecular formula is C25H27N3O5S2. The molecule has 0 saturated heterocycles. The van der Waals surface area contributed by atoms with Crippen LogP contribution < -0.4 is 15.4 Å². The van der Waals surface area contributed by atoms with Gasteiger partial charge in [-0.05, 0) is 37.5 Å². The molecule has 0 fully saturated rings. The molecule has 0 aliphatic carbocycles. The van der Waals surface area contributed by atoms with E-state index in [4.69, 9.17) is 9.47 Å². The van der Waals surface area contributed by atoms with E-state index < -0.39 is 30.4 Å². The lowest BCUT2D eigenvalue weighted by Gasteiger charge is -2.18. The normalized spacial score (nSPS) is 11.4. The van der Waals surface area contributed by atoms with Gasteiger partial charge in [0, 0.05) is 10.9 Å². The van der Waals surface area contributed by atoms with Crippen LogP contribution in [0.25, 0.3) is 11.3 Å². The van der Waals surface area contributed by atoms with Gasteiger partial charge in [0.15, 0.2) is 11.7 Å². The molecule has 8 nitrogen and oxygen atoms in total. The number of para-hydroxylation sites is 1. The summed E-state index contributed by atoms with van der Waals surface area (Å²) in [4.78, 5) is 42.2. The van der Waals surface area contributed by atoms with Crippen molar-refractivity contribution < 1.29 is 23.9 Å². The molecule has 1 heterocycles. The van der Waals surface area contributed by atoms with Gasteiger partial charge in [-0.15, -0.1) is 11.3 Å². The Hall–Kier alpha value is -3.37. The minimum absolute atomic E-state index is 0.308. The smallest absolute Gasteiger partial charge is 0.329 e. The molecule has 0 aliphatic heterocycles. The topological polar surface area (TPSA) is 107 Å². The van der Waals surface area contributed by atoms with E-state index in [1.54, 1.807) is 24.3 Å². The van der Waals surface area contributed by atoms with Gasteiger partial charge in [0.1, 0.15) is 11.8 Å². The summed E-state index contributed by atoms with van der Waals surface area (Å²) in [6, 6.07) is 13.7. The lowest BCUT2D eigenvalue weighted by molar-refractivity contribution is -0.149. The van der Waals surface area contributed by atoms with Crippen LogP contribution >= 0.6 is 23.1 Å². The van der Waals surface area contributed by atoms with Crippen LogP contribution in [0.1, 0.15) is 22.3 Å². The fraction of sp³-hybridized carbons (Fsp3) is 0.280. The van der Waals surface area contributed by atoms with Gasteiger partial charge >= 0.3 is 5.97 Å². The van der Waals surface area contributed by atoms with E-state index in [0.717, 1.165) is 16.8 Å². The number of thiazole rings is 1. The molecule has 2 N–H and O–H groups in total. The fourth-order valence-electron chi connectivity index (χ4n) is 3.13. The summed E-state index contributed by atoms with van der Waals surface area (Å²) in [5, 5.41) is 7.59. The average Bonchev–Trinajstić information content (AvgIpc) is 3.33. The van der Waals surface area contributed by atoms with E-state index >= 15 is 0 Å².